The number of nitrogens with zero attached hydrogens (tertiary/aromatic N) is 1. The molecule has 0 aliphatic rings. The predicted octanol–water partition coefficient (Wildman–Crippen LogP) is 3.47. The van der Waals surface area contributed by atoms with Crippen molar-refractivity contribution in [3.05, 3.63) is 70.5 Å². The van der Waals surface area contributed by atoms with Gasteiger partial charge in [-0.3, -0.25) is 4.79 Å². The highest BCUT2D eigenvalue weighted by atomic mass is 35.5. The number of esters is 1. The molecule has 0 aliphatic carbocycles. The third-order valence-corrected chi connectivity index (χ3v) is 3.38. The molecule has 1 atom stereocenters. The normalized spacial score (nSPS) is 11.7. The number of hydrogen-bond donors (Lipinski definition) is 0. The molecule has 2 rings (SSSR count). The summed E-state index contributed by atoms with van der Waals surface area (Å²) in [6, 6.07) is 12.1. The van der Waals surface area contributed by atoms with Gasteiger partial charge in [0.15, 0.2) is 0 Å². The molecule has 0 spiro atoms. The first-order valence-corrected chi connectivity index (χ1v) is 7.20. The second-order valence-electron chi connectivity index (χ2n) is 5.05. The quantitative estimate of drug-likeness (QED) is 0.804. The average molecular weight is 336 g/mol. The van der Waals surface area contributed by atoms with Crippen molar-refractivity contribution >= 4 is 23.5 Å². The fourth-order valence-electron chi connectivity index (χ4n) is 1.95. The maximum absolute atomic E-state index is 13.8. The van der Waals surface area contributed by atoms with E-state index in [4.69, 9.17) is 16.3 Å². The van der Waals surface area contributed by atoms with Crippen LogP contribution in [-0.4, -0.2) is 30.9 Å². The molecule has 0 saturated carbocycles. The summed E-state index contributed by atoms with van der Waals surface area (Å²) in [5.41, 5.74) is 0.187. The molecule has 2 aromatic rings. The first kappa shape index (κ1) is 17.0. The summed E-state index contributed by atoms with van der Waals surface area (Å²) in [6.07, 6.45) is -1.16. The maximum Gasteiger partial charge on any atom is 0.342 e. The molecule has 4 nitrogen and oxygen atoms in total. The Labute approximate surface area is 138 Å². The van der Waals surface area contributed by atoms with E-state index in [9.17, 15) is 14.0 Å². The minimum absolute atomic E-state index is 0.202. The summed E-state index contributed by atoms with van der Waals surface area (Å²) in [5.74, 6) is -2.13. The molecule has 0 heterocycles. The van der Waals surface area contributed by atoms with Crippen molar-refractivity contribution in [2.75, 3.05) is 14.1 Å². The van der Waals surface area contributed by atoms with Crippen LogP contribution in [0.5, 0.6) is 0 Å². The van der Waals surface area contributed by atoms with Crippen LogP contribution in [0, 0.1) is 5.82 Å². The fraction of sp³-hybridized carbons (Fsp3) is 0.176. The van der Waals surface area contributed by atoms with E-state index in [0.29, 0.717) is 5.56 Å². The second kappa shape index (κ2) is 7.24. The summed E-state index contributed by atoms with van der Waals surface area (Å²) >= 11 is 5.78. The molecule has 1 amide bonds. The van der Waals surface area contributed by atoms with E-state index in [-0.39, 0.29) is 10.6 Å². The third-order valence-electron chi connectivity index (χ3n) is 3.14. The van der Waals surface area contributed by atoms with Crippen LogP contribution in [0.25, 0.3) is 0 Å². The van der Waals surface area contributed by atoms with Crippen molar-refractivity contribution in [2.45, 2.75) is 6.10 Å². The summed E-state index contributed by atoms with van der Waals surface area (Å²) in [7, 11) is 3.10. The summed E-state index contributed by atoms with van der Waals surface area (Å²) in [6.45, 7) is 0. The number of likely N-dealkylation sites (N-methyl/N-ethyl adjacent to an activating group) is 1. The first-order valence-electron chi connectivity index (χ1n) is 6.82. The Balaban J connectivity index is 2.32. The lowest BCUT2D eigenvalue weighted by atomic mass is 10.1. The van der Waals surface area contributed by atoms with E-state index in [1.165, 1.54) is 17.0 Å². The Morgan fingerprint density at radius 1 is 1.13 bits per heavy atom. The Hall–Kier alpha value is -2.40. The molecule has 0 aliphatic heterocycles. The van der Waals surface area contributed by atoms with Crippen LogP contribution in [0.4, 0.5) is 4.39 Å². The maximum atomic E-state index is 13.8. The highest BCUT2D eigenvalue weighted by Gasteiger charge is 2.28. The largest absolute Gasteiger partial charge is 0.444 e. The van der Waals surface area contributed by atoms with Crippen LogP contribution in [0.3, 0.4) is 0 Å². The van der Waals surface area contributed by atoms with E-state index < -0.39 is 23.8 Å². The molecule has 0 saturated heterocycles. The van der Waals surface area contributed by atoms with Gasteiger partial charge in [-0.2, -0.15) is 0 Å². The average Bonchev–Trinajstić information content (AvgIpc) is 2.54. The van der Waals surface area contributed by atoms with Crippen molar-refractivity contribution in [3.8, 4) is 0 Å². The molecular weight excluding hydrogens is 321 g/mol. The highest BCUT2D eigenvalue weighted by molar-refractivity contribution is 6.30. The lowest BCUT2D eigenvalue weighted by Gasteiger charge is -2.21. The minimum Gasteiger partial charge on any atom is -0.444 e. The van der Waals surface area contributed by atoms with Crippen LogP contribution in [-0.2, 0) is 9.53 Å². The standard InChI is InChI=1S/C17H15ClFNO3/c1-20(2)16(21)15(11-6-4-3-5-7-11)23-17(22)13-10-12(18)8-9-14(13)19/h3-10,15H,1-2H3/t15-/m1/s1. The van der Waals surface area contributed by atoms with Crippen LogP contribution < -0.4 is 0 Å². The molecule has 120 valence electrons. The molecule has 23 heavy (non-hydrogen) atoms. The third kappa shape index (κ3) is 4.07. The van der Waals surface area contributed by atoms with Gasteiger partial charge in [-0.25, -0.2) is 9.18 Å². The van der Waals surface area contributed by atoms with Gasteiger partial charge in [0, 0.05) is 24.7 Å². The van der Waals surface area contributed by atoms with Gasteiger partial charge in [0.25, 0.3) is 5.91 Å². The van der Waals surface area contributed by atoms with Gasteiger partial charge in [-0.05, 0) is 18.2 Å². The zero-order valence-electron chi connectivity index (χ0n) is 12.6. The second-order valence-corrected chi connectivity index (χ2v) is 5.49. The number of hydrogen-bond acceptors (Lipinski definition) is 3. The molecule has 0 fully saturated rings. The smallest absolute Gasteiger partial charge is 0.342 e. The van der Waals surface area contributed by atoms with Crippen molar-refractivity contribution in [2.24, 2.45) is 0 Å². The number of carbonyl (C=O) groups is 2. The Morgan fingerprint density at radius 2 is 1.78 bits per heavy atom. The van der Waals surface area contributed by atoms with Gasteiger partial charge in [0.05, 0.1) is 5.56 Å². The zero-order chi connectivity index (χ0) is 17.0. The molecule has 0 aromatic heterocycles. The predicted molar refractivity (Wildman–Crippen MR) is 84.7 cm³/mol. The van der Waals surface area contributed by atoms with Crippen LogP contribution >= 0.6 is 11.6 Å². The van der Waals surface area contributed by atoms with Gasteiger partial charge in [0.1, 0.15) is 5.82 Å². The van der Waals surface area contributed by atoms with E-state index in [0.717, 1.165) is 6.07 Å². The van der Waals surface area contributed by atoms with Crippen molar-refractivity contribution in [3.63, 3.8) is 0 Å². The van der Waals surface area contributed by atoms with Crippen LogP contribution in [0.2, 0.25) is 5.02 Å². The van der Waals surface area contributed by atoms with Crippen LogP contribution in [0.15, 0.2) is 48.5 Å². The lowest BCUT2D eigenvalue weighted by Crippen LogP contribution is -2.31. The monoisotopic (exact) mass is 335 g/mol. The minimum atomic E-state index is -1.16. The Bertz CT molecular complexity index is 719. The number of ether oxygens (including phenoxy) is 1. The van der Waals surface area contributed by atoms with Gasteiger partial charge >= 0.3 is 5.97 Å². The fourth-order valence-corrected chi connectivity index (χ4v) is 2.12. The van der Waals surface area contributed by atoms with E-state index in [1.807, 2.05) is 0 Å². The Kier molecular flexibility index (Phi) is 5.34. The topological polar surface area (TPSA) is 46.6 Å². The molecule has 0 unspecified atom stereocenters. The molecule has 2 aromatic carbocycles. The van der Waals surface area contributed by atoms with Gasteiger partial charge in [0.2, 0.25) is 6.10 Å². The molecule has 0 radical (unpaired) electrons. The molecule has 6 heteroatoms. The number of carbonyl (C=O) groups excluding carboxylic acids is 2. The van der Waals surface area contributed by atoms with Gasteiger partial charge in [-0.1, -0.05) is 41.9 Å². The Morgan fingerprint density at radius 3 is 2.39 bits per heavy atom. The number of rotatable bonds is 4. The number of benzene rings is 2. The number of amides is 1. The van der Waals surface area contributed by atoms with Crippen LogP contribution in [0.1, 0.15) is 22.0 Å². The van der Waals surface area contributed by atoms with E-state index in [2.05, 4.69) is 0 Å². The van der Waals surface area contributed by atoms with E-state index >= 15 is 0 Å². The molecular formula is C17H15ClFNO3. The first-order chi connectivity index (χ1) is 10.9. The zero-order valence-corrected chi connectivity index (χ0v) is 13.4. The van der Waals surface area contributed by atoms with Gasteiger partial charge < -0.3 is 9.64 Å². The number of halogens is 2. The SMILES string of the molecule is CN(C)C(=O)[C@H](OC(=O)c1cc(Cl)ccc1F)c1ccccc1. The van der Waals surface area contributed by atoms with Crippen molar-refractivity contribution < 1.29 is 18.7 Å². The van der Waals surface area contributed by atoms with E-state index in [1.54, 1.807) is 44.4 Å². The molecule has 0 bridgehead atoms. The summed E-state index contributed by atoms with van der Waals surface area (Å²) in [5, 5.41) is 0.202. The summed E-state index contributed by atoms with van der Waals surface area (Å²) in [4.78, 5) is 25.8. The highest BCUT2D eigenvalue weighted by Crippen LogP contribution is 2.23. The van der Waals surface area contributed by atoms with Crippen molar-refractivity contribution in [1.82, 2.24) is 4.90 Å². The van der Waals surface area contributed by atoms with Gasteiger partial charge in [-0.15, -0.1) is 0 Å². The summed E-state index contributed by atoms with van der Waals surface area (Å²) < 4.78 is 19.0. The van der Waals surface area contributed by atoms with Crippen molar-refractivity contribution in [1.29, 1.82) is 0 Å². The lowest BCUT2D eigenvalue weighted by molar-refractivity contribution is -0.138. The molecule has 0 N–H and O–H groups in total.